The Bertz CT molecular complexity index is 359. The Morgan fingerprint density at radius 2 is 2.30 bits per heavy atom. The summed E-state index contributed by atoms with van der Waals surface area (Å²) in [7, 11) is 1.67. The summed E-state index contributed by atoms with van der Waals surface area (Å²) in [6, 6.07) is -0.864. The lowest BCUT2D eigenvalue weighted by molar-refractivity contribution is -0.139. The number of aliphatic carboxylic acids is 1. The molecular weight excluding hydrogens is 256 g/mol. The summed E-state index contributed by atoms with van der Waals surface area (Å²) in [5.74, 6) is -0.689. The van der Waals surface area contributed by atoms with Crippen molar-refractivity contribution in [3.05, 3.63) is 12.2 Å². The largest absolute Gasteiger partial charge is 0.480 e. The Morgan fingerprint density at radius 1 is 1.65 bits per heavy atom. The van der Waals surface area contributed by atoms with Crippen molar-refractivity contribution < 1.29 is 14.6 Å². The van der Waals surface area contributed by atoms with E-state index in [1.165, 1.54) is 0 Å². The van der Waals surface area contributed by atoms with Crippen molar-refractivity contribution in [3.8, 4) is 0 Å². The molecule has 1 heterocycles. The molecule has 0 saturated carbocycles. The smallest absolute Gasteiger partial charge is 0.320 e. The lowest BCUT2D eigenvalue weighted by Crippen LogP contribution is -2.59. The van der Waals surface area contributed by atoms with Crippen LogP contribution in [0.5, 0.6) is 0 Å². The average molecular weight is 284 g/mol. The van der Waals surface area contributed by atoms with Gasteiger partial charge in [-0.3, -0.25) is 10.1 Å². The number of ether oxygens (including phenoxy) is 1. The van der Waals surface area contributed by atoms with Crippen LogP contribution in [0.15, 0.2) is 12.2 Å². The molecule has 0 amide bonds. The zero-order valence-electron chi connectivity index (χ0n) is 12.9. The van der Waals surface area contributed by atoms with Crippen molar-refractivity contribution in [3.63, 3.8) is 0 Å². The van der Waals surface area contributed by atoms with Gasteiger partial charge in [0.05, 0.1) is 5.60 Å². The first kappa shape index (κ1) is 17.1. The topological polar surface area (TPSA) is 84.6 Å². The number of methoxy groups -OCH3 is 1. The predicted octanol–water partition coefficient (Wildman–Crippen LogP) is 1.53. The van der Waals surface area contributed by atoms with E-state index in [1.54, 1.807) is 7.11 Å². The molecule has 5 atom stereocenters. The number of allylic oxidation sites excluding steroid dienone is 1. The summed E-state index contributed by atoms with van der Waals surface area (Å²) in [6.45, 7) is 6.04. The van der Waals surface area contributed by atoms with Crippen LogP contribution >= 0.6 is 0 Å². The van der Waals surface area contributed by atoms with Crippen LogP contribution < -0.4 is 11.1 Å². The minimum absolute atomic E-state index is 0.0798. The molecule has 0 aromatic heterocycles. The highest BCUT2D eigenvalue weighted by Gasteiger charge is 2.45. The highest BCUT2D eigenvalue weighted by atomic mass is 16.5. The normalized spacial score (nSPS) is 31.4. The van der Waals surface area contributed by atoms with E-state index in [1.807, 2.05) is 26.0 Å². The van der Waals surface area contributed by atoms with E-state index < -0.39 is 17.6 Å². The highest BCUT2D eigenvalue weighted by molar-refractivity contribution is 5.74. The molecule has 1 aliphatic rings. The molecule has 5 nitrogen and oxygen atoms in total. The molecule has 0 aromatic carbocycles. The molecule has 0 aromatic rings. The summed E-state index contributed by atoms with van der Waals surface area (Å²) in [5, 5.41) is 12.4. The molecule has 20 heavy (non-hydrogen) atoms. The number of nitrogens with one attached hydrogen (secondary N) is 1. The minimum atomic E-state index is -0.816. The molecule has 1 fully saturated rings. The molecule has 0 spiro atoms. The van der Waals surface area contributed by atoms with Gasteiger partial charge in [-0.15, -0.1) is 0 Å². The van der Waals surface area contributed by atoms with Gasteiger partial charge in [-0.05, 0) is 32.6 Å². The van der Waals surface area contributed by atoms with E-state index in [4.69, 9.17) is 10.5 Å². The number of hydrogen-bond donors (Lipinski definition) is 3. The summed E-state index contributed by atoms with van der Waals surface area (Å²) in [6.07, 6.45) is 6.40. The van der Waals surface area contributed by atoms with Gasteiger partial charge in [-0.25, -0.2) is 0 Å². The number of rotatable bonds is 7. The fourth-order valence-electron chi connectivity index (χ4n) is 3.11. The van der Waals surface area contributed by atoms with Gasteiger partial charge < -0.3 is 15.6 Å². The van der Waals surface area contributed by atoms with Crippen LogP contribution in [0.2, 0.25) is 0 Å². The molecular formula is C15H28N2O3. The van der Waals surface area contributed by atoms with Gasteiger partial charge in [0.1, 0.15) is 6.04 Å². The maximum Gasteiger partial charge on any atom is 0.320 e. The van der Waals surface area contributed by atoms with Crippen LogP contribution in [-0.4, -0.2) is 41.9 Å². The lowest BCUT2D eigenvalue weighted by Gasteiger charge is -2.39. The second kappa shape index (κ2) is 7.20. The summed E-state index contributed by atoms with van der Waals surface area (Å²) >= 11 is 0. The summed E-state index contributed by atoms with van der Waals surface area (Å²) in [4.78, 5) is 11.2. The summed E-state index contributed by atoms with van der Waals surface area (Å²) < 4.78 is 5.64. The van der Waals surface area contributed by atoms with Crippen LogP contribution in [0, 0.1) is 5.92 Å². The zero-order valence-corrected chi connectivity index (χ0v) is 12.9. The maximum absolute atomic E-state index is 11.2. The van der Waals surface area contributed by atoms with Crippen molar-refractivity contribution in [1.82, 2.24) is 5.32 Å². The fourth-order valence-corrected chi connectivity index (χ4v) is 3.11. The zero-order chi connectivity index (χ0) is 15.3. The number of carboxylic acids is 1. The van der Waals surface area contributed by atoms with Crippen LogP contribution in [0.1, 0.15) is 40.0 Å². The van der Waals surface area contributed by atoms with E-state index in [0.717, 1.165) is 12.8 Å². The lowest BCUT2D eigenvalue weighted by atomic mass is 9.82. The molecule has 1 rings (SSSR count). The Kier molecular flexibility index (Phi) is 6.17. The number of hydrogen-bond acceptors (Lipinski definition) is 4. The van der Waals surface area contributed by atoms with Crippen LogP contribution in [0.4, 0.5) is 0 Å². The molecule has 116 valence electrons. The van der Waals surface area contributed by atoms with Crippen molar-refractivity contribution in [1.29, 1.82) is 0 Å². The quantitative estimate of drug-likeness (QED) is 0.617. The highest BCUT2D eigenvalue weighted by Crippen LogP contribution is 2.31. The number of carbonyl (C=O) groups is 1. The Hall–Kier alpha value is -0.910. The summed E-state index contributed by atoms with van der Waals surface area (Å²) in [5.41, 5.74) is 5.98. The fraction of sp³-hybridized carbons (Fsp3) is 0.800. The second-order valence-electron chi connectivity index (χ2n) is 5.80. The van der Waals surface area contributed by atoms with Gasteiger partial charge in [0.15, 0.2) is 0 Å². The molecule has 1 saturated heterocycles. The third-order valence-electron chi connectivity index (χ3n) is 4.41. The van der Waals surface area contributed by atoms with Crippen molar-refractivity contribution in [2.75, 3.05) is 7.11 Å². The van der Waals surface area contributed by atoms with Crippen molar-refractivity contribution >= 4 is 5.97 Å². The Morgan fingerprint density at radius 3 is 2.75 bits per heavy atom. The van der Waals surface area contributed by atoms with Gasteiger partial charge in [-0.2, -0.15) is 0 Å². The molecule has 5 heteroatoms. The predicted molar refractivity (Wildman–Crippen MR) is 79.6 cm³/mol. The monoisotopic (exact) mass is 284 g/mol. The Balaban J connectivity index is 2.92. The molecule has 0 aliphatic carbocycles. The minimum Gasteiger partial charge on any atom is -0.480 e. The average Bonchev–Trinajstić information content (AvgIpc) is 2.82. The van der Waals surface area contributed by atoms with Crippen molar-refractivity contribution in [2.45, 2.75) is 63.8 Å². The van der Waals surface area contributed by atoms with E-state index in [-0.39, 0.29) is 18.0 Å². The maximum atomic E-state index is 11.2. The second-order valence-corrected chi connectivity index (χ2v) is 5.80. The van der Waals surface area contributed by atoms with Gasteiger partial charge in [0, 0.05) is 19.2 Å². The van der Waals surface area contributed by atoms with Gasteiger partial charge in [-0.1, -0.05) is 25.5 Å². The third-order valence-corrected chi connectivity index (χ3v) is 4.41. The third kappa shape index (κ3) is 3.59. The molecule has 0 radical (unpaired) electrons. The van der Waals surface area contributed by atoms with Gasteiger partial charge >= 0.3 is 5.97 Å². The van der Waals surface area contributed by atoms with Crippen molar-refractivity contribution in [2.24, 2.45) is 11.7 Å². The van der Waals surface area contributed by atoms with E-state index in [2.05, 4.69) is 12.2 Å². The van der Waals surface area contributed by atoms with Gasteiger partial charge in [0.25, 0.3) is 0 Å². The number of carboxylic acid groups (broad SMARTS) is 1. The van der Waals surface area contributed by atoms with E-state index in [9.17, 15) is 9.90 Å². The first-order valence-electron chi connectivity index (χ1n) is 7.32. The van der Waals surface area contributed by atoms with E-state index >= 15 is 0 Å². The van der Waals surface area contributed by atoms with Gasteiger partial charge in [0.2, 0.25) is 0 Å². The standard InChI is InChI=1S/C15H28N2O3/c1-5-7-10-9-11(14(18)19)17-12(10)13(16)15(3,20-4)8-6-2/h5,7,10-13,17H,6,8-9,16H2,1-4H3,(H,18,19)/b7-5-/t10-,11-,12-,13-,15+/m1/s1. The molecule has 4 N–H and O–H groups in total. The van der Waals surface area contributed by atoms with Crippen LogP contribution in [0.3, 0.4) is 0 Å². The first-order valence-corrected chi connectivity index (χ1v) is 7.32. The van der Waals surface area contributed by atoms with Crippen LogP contribution in [-0.2, 0) is 9.53 Å². The van der Waals surface area contributed by atoms with Crippen LogP contribution in [0.25, 0.3) is 0 Å². The first-order chi connectivity index (χ1) is 9.39. The molecule has 1 aliphatic heterocycles. The molecule has 0 unspecified atom stereocenters. The van der Waals surface area contributed by atoms with E-state index in [0.29, 0.717) is 6.42 Å². The number of nitrogens with two attached hydrogens (primary N) is 1. The molecule has 0 bridgehead atoms. The Labute approximate surface area is 121 Å². The SMILES string of the molecule is C/C=C\[C@@H]1C[C@H](C(=O)O)N[C@H]1[C@@H](N)[C@](C)(CCC)OC.